The Labute approximate surface area is 238 Å². The number of nitrogens with one attached hydrogen (secondary N) is 3. The highest BCUT2D eigenvalue weighted by atomic mass is 32.1. The lowest BCUT2D eigenvalue weighted by Gasteiger charge is -2.15. The van der Waals surface area contributed by atoms with Crippen molar-refractivity contribution in [2.75, 3.05) is 5.32 Å². The Bertz CT molecular complexity index is 2010. The zero-order valence-corrected chi connectivity index (χ0v) is 22.7. The number of fused-ring (bicyclic) bond motifs is 2. The number of aliphatic hydroxyl groups excluding tert-OH is 1. The van der Waals surface area contributed by atoms with Crippen LogP contribution in [0.25, 0.3) is 55.2 Å². The molecule has 7 aromatic rings. The highest BCUT2D eigenvalue weighted by Crippen LogP contribution is 2.36. The fourth-order valence-electron chi connectivity index (χ4n) is 5.00. The first-order chi connectivity index (χ1) is 20.0. The Kier molecular flexibility index (Phi) is 6.26. The summed E-state index contributed by atoms with van der Waals surface area (Å²) in [6.45, 7) is 2.05. The molecule has 41 heavy (non-hydrogen) atoms. The van der Waals surface area contributed by atoms with Gasteiger partial charge in [0.15, 0.2) is 5.82 Å². The van der Waals surface area contributed by atoms with Crippen LogP contribution in [-0.2, 0) is 6.42 Å². The van der Waals surface area contributed by atoms with Crippen molar-refractivity contribution < 1.29 is 9.50 Å². The third kappa shape index (κ3) is 4.73. The Morgan fingerprint density at radius 1 is 1.00 bits per heavy atom. The number of halogens is 1. The zero-order valence-electron chi connectivity index (χ0n) is 21.9. The standard InChI is InChI=1S/C31H24FN7OS/c1-17-7-10-24(41-17)29-28-23(11-12-34-29)36-31(37-28)30-26-22(38-39-30)9-8-21(27(26)32)19-14-20(16-33-15-19)35-25(40)13-18-5-3-2-4-6-18/h2-12,14-16,25,35,40H,13H2,1H3,(H,36,37)(H,38,39). The number of aromatic amines is 2. The number of nitrogens with zero attached hydrogens (tertiary/aromatic N) is 4. The van der Waals surface area contributed by atoms with Gasteiger partial charge in [0.1, 0.15) is 28.9 Å². The molecular weight excluding hydrogens is 537 g/mol. The van der Waals surface area contributed by atoms with Gasteiger partial charge in [0.2, 0.25) is 0 Å². The number of imidazole rings is 1. The fourth-order valence-corrected chi connectivity index (χ4v) is 5.87. The van der Waals surface area contributed by atoms with Gasteiger partial charge in [0, 0.05) is 34.8 Å². The molecule has 2 aromatic carbocycles. The molecule has 0 aliphatic heterocycles. The van der Waals surface area contributed by atoms with Crippen molar-refractivity contribution in [1.29, 1.82) is 0 Å². The fraction of sp³-hybridized carbons (Fsp3) is 0.0968. The van der Waals surface area contributed by atoms with Gasteiger partial charge in [-0.3, -0.25) is 15.1 Å². The summed E-state index contributed by atoms with van der Waals surface area (Å²) in [5, 5.41) is 21.3. The van der Waals surface area contributed by atoms with Gasteiger partial charge >= 0.3 is 0 Å². The van der Waals surface area contributed by atoms with E-state index in [1.54, 1.807) is 48.1 Å². The van der Waals surface area contributed by atoms with E-state index in [4.69, 9.17) is 4.98 Å². The second-order valence-electron chi connectivity index (χ2n) is 9.79. The molecular formula is C31H24FN7OS. The summed E-state index contributed by atoms with van der Waals surface area (Å²) in [7, 11) is 0. The van der Waals surface area contributed by atoms with E-state index in [-0.39, 0.29) is 0 Å². The largest absolute Gasteiger partial charge is 0.373 e. The van der Waals surface area contributed by atoms with Gasteiger partial charge in [-0.1, -0.05) is 30.3 Å². The molecule has 0 aliphatic carbocycles. The van der Waals surface area contributed by atoms with E-state index < -0.39 is 12.0 Å². The third-order valence-electron chi connectivity index (χ3n) is 6.92. The predicted molar refractivity (Wildman–Crippen MR) is 160 cm³/mol. The summed E-state index contributed by atoms with van der Waals surface area (Å²) in [6.07, 6.45) is 4.53. The zero-order chi connectivity index (χ0) is 27.9. The Morgan fingerprint density at radius 3 is 2.71 bits per heavy atom. The minimum Gasteiger partial charge on any atom is -0.373 e. The van der Waals surface area contributed by atoms with Gasteiger partial charge in [-0.15, -0.1) is 11.3 Å². The number of H-pyrrole nitrogens is 2. The van der Waals surface area contributed by atoms with Crippen molar-refractivity contribution in [3.63, 3.8) is 0 Å². The lowest BCUT2D eigenvalue weighted by Crippen LogP contribution is -2.21. The molecule has 10 heteroatoms. The van der Waals surface area contributed by atoms with Crippen molar-refractivity contribution >= 4 is 39.0 Å². The van der Waals surface area contributed by atoms with E-state index >= 15 is 4.39 Å². The van der Waals surface area contributed by atoms with Crippen molar-refractivity contribution in [3.8, 4) is 33.2 Å². The van der Waals surface area contributed by atoms with E-state index in [1.165, 1.54) is 4.88 Å². The van der Waals surface area contributed by atoms with Crippen molar-refractivity contribution in [2.24, 2.45) is 0 Å². The van der Waals surface area contributed by atoms with Crippen LogP contribution in [-0.4, -0.2) is 41.5 Å². The van der Waals surface area contributed by atoms with Gasteiger partial charge in [-0.25, -0.2) is 9.37 Å². The summed E-state index contributed by atoms with van der Waals surface area (Å²) in [5.41, 5.74) is 5.71. The van der Waals surface area contributed by atoms with Crippen LogP contribution in [0.3, 0.4) is 0 Å². The molecule has 4 N–H and O–H groups in total. The molecule has 0 spiro atoms. The van der Waals surface area contributed by atoms with Crippen molar-refractivity contribution in [3.05, 3.63) is 102 Å². The Hall–Kier alpha value is -4.93. The maximum atomic E-state index is 16.2. The SMILES string of the molecule is Cc1ccc(-c2nccc3[nH]c(-c4n[nH]c5ccc(-c6cncc(NC(O)Cc7ccccc7)c6)c(F)c45)nc23)s1. The number of thiophene rings is 1. The quantitative estimate of drug-likeness (QED) is 0.161. The maximum absolute atomic E-state index is 16.2. The first kappa shape index (κ1) is 25.1. The van der Waals surface area contributed by atoms with Crippen LogP contribution in [0.2, 0.25) is 0 Å². The second kappa shape index (κ2) is 10.2. The lowest BCUT2D eigenvalue weighted by molar-refractivity contribution is 0.204. The summed E-state index contributed by atoms with van der Waals surface area (Å²) in [4.78, 5) is 19.2. The first-order valence-electron chi connectivity index (χ1n) is 13.1. The monoisotopic (exact) mass is 561 g/mol. The number of benzene rings is 2. The van der Waals surface area contributed by atoms with Crippen LogP contribution in [0.1, 0.15) is 10.4 Å². The number of anilines is 1. The van der Waals surface area contributed by atoms with Crippen LogP contribution in [0, 0.1) is 12.7 Å². The molecule has 0 saturated carbocycles. The third-order valence-corrected chi connectivity index (χ3v) is 7.93. The number of pyridine rings is 2. The van der Waals surface area contributed by atoms with Crippen LogP contribution in [0.4, 0.5) is 10.1 Å². The molecule has 0 saturated heterocycles. The van der Waals surface area contributed by atoms with Crippen LogP contribution < -0.4 is 5.32 Å². The van der Waals surface area contributed by atoms with Crippen LogP contribution in [0.15, 0.2) is 85.3 Å². The van der Waals surface area contributed by atoms with Gasteiger partial charge in [0.25, 0.3) is 0 Å². The van der Waals surface area contributed by atoms with Crippen molar-refractivity contribution in [2.45, 2.75) is 19.6 Å². The number of rotatable bonds is 7. The predicted octanol–water partition coefficient (Wildman–Crippen LogP) is 6.71. The summed E-state index contributed by atoms with van der Waals surface area (Å²) >= 11 is 1.65. The van der Waals surface area contributed by atoms with Gasteiger partial charge in [0.05, 0.1) is 33.2 Å². The molecule has 5 aromatic heterocycles. The molecule has 0 radical (unpaired) electrons. The number of aliphatic hydroxyl groups is 1. The average Bonchev–Trinajstić information content (AvgIpc) is 3.72. The Morgan fingerprint density at radius 2 is 1.88 bits per heavy atom. The second-order valence-corrected chi connectivity index (χ2v) is 11.1. The molecule has 0 amide bonds. The summed E-state index contributed by atoms with van der Waals surface area (Å²) < 4.78 is 16.2. The summed E-state index contributed by atoms with van der Waals surface area (Å²) in [5.74, 6) is 0.00475. The molecule has 1 atom stereocenters. The maximum Gasteiger partial charge on any atom is 0.159 e. The van der Waals surface area contributed by atoms with E-state index in [0.717, 1.165) is 21.7 Å². The molecule has 0 fully saturated rings. The minimum absolute atomic E-state index is 0.325. The van der Waals surface area contributed by atoms with E-state index in [1.807, 2.05) is 42.5 Å². The van der Waals surface area contributed by atoms with Gasteiger partial charge in [-0.2, -0.15) is 5.10 Å². The molecule has 0 bridgehead atoms. The summed E-state index contributed by atoms with van der Waals surface area (Å²) in [6, 6.07) is 20.9. The molecule has 1 unspecified atom stereocenters. The highest BCUT2D eigenvalue weighted by molar-refractivity contribution is 7.15. The molecule has 202 valence electrons. The lowest BCUT2D eigenvalue weighted by atomic mass is 10.0. The molecule has 7 rings (SSSR count). The molecule has 8 nitrogen and oxygen atoms in total. The number of hydrogen-bond donors (Lipinski definition) is 4. The van der Waals surface area contributed by atoms with E-state index in [9.17, 15) is 5.11 Å². The average molecular weight is 562 g/mol. The molecule has 5 heterocycles. The molecule has 0 aliphatic rings. The highest BCUT2D eigenvalue weighted by Gasteiger charge is 2.21. The minimum atomic E-state index is -0.826. The van der Waals surface area contributed by atoms with Crippen molar-refractivity contribution in [1.82, 2.24) is 30.1 Å². The number of aryl methyl sites for hydroxylation is 1. The van der Waals surface area contributed by atoms with E-state index in [2.05, 4.69) is 43.5 Å². The van der Waals surface area contributed by atoms with E-state index in [0.29, 0.717) is 51.2 Å². The van der Waals surface area contributed by atoms with Crippen LogP contribution >= 0.6 is 11.3 Å². The smallest absolute Gasteiger partial charge is 0.159 e. The first-order valence-corrected chi connectivity index (χ1v) is 13.9. The topological polar surface area (TPSA) is 115 Å². The van der Waals surface area contributed by atoms with Gasteiger partial charge < -0.3 is 15.4 Å². The normalized spacial score (nSPS) is 12.3. The van der Waals surface area contributed by atoms with Gasteiger partial charge in [-0.05, 0) is 48.9 Å². The number of aromatic nitrogens is 6. The number of hydrogen-bond acceptors (Lipinski definition) is 7. The Balaban J connectivity index is 1.24. The van der Waals surface area contributed by atoms with Crippen LogP contribution in [0.5, 0.6) is 0 Å².